The molecular formula is C71H108O27. The fraction of sp³-hybridized carbons (Fsp3) is 0.831. The highest BCUT2D eigenvalue weighted by atomic mass is 16.8. The predicted molar refractivity (Wildman–Crippen MR) is 343 cm³/mol. The van der Waals surface area contributed by atoms with Crippen LogP contribution in [0.4, 0.5) is 0 Å². The number of ether oxygens (including phenoxy) is 18. The van der Waals surface area contributed by atoms with Crippen LogP contribution in [0.25, 0.3) is 6.08 Å². The summed E-state index contributed by atoms with van der Waals surface area (Å²) in [5.74, 6) is -1.85. The quantitative estimate of drug-likeness (QED) is 0.0495. The minimum absolute atomic E-state index is 0.0654. The molecule has 1 aromatic carbocycles. The van der Waals surface area contributed by atoms with E-state index in [0.29, 0.717) is 44.9 Å². The molecule has 6 heterocycles. The Morgan fingerprint density at radius 3 is 1.43 bits per heavy atom. The monoisotopic (exact) mass is 1390 g/mol. The van der Waals surface area contributed by atoms with Crippen LogP contribution in [0.1, 0.15) is 138 Å². The first-order valence-corrected chi connectivity index (χ1v) is 35.1. The van der Waals surface area contributed by atoms with Gasteiger partial charge >= 0.3 is 5.97 Å². The van der Waals surface area contributed by atoms with Gasteiger partial charge in [0.25, 0.3) is 0 Å². The van der Waals surface area contributed by atoms with Crippen molar-refractivity contribution >= 4 is 17.8 Å². The second kappa shape index (κ2) is 30.9. The maximum Gasteiger partial charge on any atom is 0.331 e. The van der Waals surface area contributed by atoms with E-state index in [9.17, 15) is 45.3 Å². The lowest BCUT2D eigenvalue weighted by Crippen LogP contribution is -2.78. The molecule has 33 atom stereocenters. The van der Waals surface area contributed by atoms with Crippen LogP contribution in [0.5, 0.6) is 0 Å². The topological polar surface area (TPSA) is 342 Å². The third kappa shape index (κ3) is 14.3. The van der Waals surface area contributed by atoms with Crippen LogP contribution in [-0.2, 0) is 94.9 Å². The number of aliphatic hydroxyl groups excluding tert-OH is 4. The van der Waals surface area contributed by atoms with Crippen molar-refractivity contribution in [2.75, 3.05) is 42.2 Å². The van der Waals surface area contributed by atoms with Crippen molar-refractivity contribution < 1.29 is 131 Å². The standard InChI is InChI=1S/C71H108O27/c1-35-61(44(81-9)28-53(86-35)91-43-22-23-67(7)42(27-43)21-24-70(79)50(67)33-51(93-52(74)20-19-41-17-15-14-16-18-41)68(8)69(78,40(6)73)25-26-71(68,70)80)94-54-29-45(82-10)62(36(2)87-54)95-55-30-46(83-11)63(37(3)88-55)96-56-31-47(84-12)64(38(4)89-56)97-57-32-48(85-13)65(39(5)90-57)98-66-60(77)59(76)58(75)49(34-72)92-66/h14-21,35-39,43-51,53-66,72,75-80H,22-34H2,1-13H3/b20-19+/t35-,36-,37-,38-,39-,43+,44+,45+,46-,47+,48+,49-,50-,51-,53+,54+,55+,56+,57+,58+,59+,60-,61-,62-,63-,64-,65-,66+,67+,68-,69-,70+,71-/m1/s1. The van der Waals surface area contributed by atoms with Crippen molar-refractivity contribution in [3.05, 3.63) is 53.6 Å². The average Bonchev–Trinajstić information content (AvgIpc) is 1.38. The number of hydrogen-bond acceptors (Lipinski definition) is 27. The van der Waals surface area contributed by atoms with Crippen molar-refractivity contribution in [1.82, 2.24) is 0 Å². The third-order valence-electron chi connectivity index (χ3n) is 23.9. The number of carbonyl (C=O) groups excluding carboxylic acids is 2. The summed E-state index contributed by atoms with van der Waals surface area (Å²) in [4.78, 5) is 27.1. The van der Waals surface area contributed by atoms with E-state index in [1.807, 2.05) is 64.1 Å². The molecule has 0 spiro atoms. The molecule has 7 N–H and O–H groups in total. The Balaban J connectivity index is 0.655. The summed E-state index contributed by atoms with van der Waals surface area (Å²) in [6.45, 7) is 13.7. The zero-order valence-electron chi connectivity index (χ0n) is 58.8. The number of carbonyl (C=O) groups is 2. The maximum atomic E-state index is 13.7. The normalized spacial score (nSPS) is 49.1. The van der Waals surface area contributed by atoms with Gasteiger partial charge in [0.2, 0.25) is 0 Å². The molecule has 0 amide bonds. The van der Waals surface area contributed by atoms with Crippen LogP contribution in [0.2, 0.25) is 0 Å². The molecule has 0 unspecified atom stereocenters. The van der Waals surface area contributed by atoms with E-state index >= 15 is 0 Å². The van der Waals surface area contributed by atoms with Gasteiger partial charge in [-0.15, -0.1) is 0 Å². The van der Waals surface area contributed by atoms with Crippen molar-refractivity contribution in [2.24, 2.45) is 16.7 Å². The first-order valence-electron chi connectivity index (χ1n) is 35.1. The molecule has 0 aromatic heterocycles. The second-order valence-corrected chi connectivity index (χ2v) is 29.3. The lowest BCUT2D eigenvalue weighted by atomic mass is 9.42. The van der Waals surface area contributed by atoms with Crippen molar-refractivity contribution in [1.29, 1.82) is 0 Å². The molecule has 9 fully saturated rings. The van der Waals surface area contributed by atoms with Crippen LogP contribution in [-0.4, -0.2) is 272 Å². The van der Waals surface area contributed by atoms with Crippen molar-refractivity contribution in [2.45, 2.75) is 315 Å². The lowest BCUT2D eigenvalue weighted by molar-refractivity contribution is -0.360. The molecule has 6 saturated heterocycles. The first-order chi connectivity index (χ1) is 46.6. The average molecular weight is 1390 g/mol. The van der Waals surface area contributed by atoms with Crippen LogP contribution < -0.4 is 0 Å². The summed E-state index contributed by atoms with van der Waals surface area (Å²) in [5.41, 5.74) is -6.38. The minimum Gasteiger partial charge on any atom is -0.458 e. The maximum absolute atomic E-state index is 13.7. The van der Waals surface area contributed by atoms with Gasteiger partial charge in [0, 0.05) is 79.6 Å². The summed E-state index contributed by atoms with van der Waals surface area (Å²) in [5, 5.41) is 79.3. The van der Waals surface area contributed by atoms with Gasteiger partial charge in [-0.25, -0.2) is 4.79 Å². The number of hydrogen-bond donors (Lipinski definition) is 7. The highest BCUT2D eigenvalue weighted by molar-refractivity contribution is 5.89. The summed E-state index contributed by atoms with van der Waals surface area (Å²) in [6.07, 6.45) is -12.3. The smallest absolute Gasteiger partial charge is 0.331 e. The van der Waals surface area contributed by atoms with Crippen LogP contribution >= 0.6 is 0 Å². The third-order valence-corrected chi connectivity index (χ3v) is 23.9. The van der Waals surface area contributed by atoms with E-state index in [0.717, 1.165) is 11.1 Å². The largest absolute Gasteiger partial charge is 0.458 e. The van der Waals surface area contributed by atoms with Gasteiger partial charge in [0.15, 0.2) is 43.5 Å². The second-order valence-electron chi connectivity index (χ2n) is 29.3. The zero-order chi connectivity index (χ0) is 70.6. The molecule has 4 aliphatic carbocycles. The Labute approximate surface area is 574 Å². The number of esters is 1. The van der Waals surface area contributed by atoms with Crippen molar-refractivity contribution in [3.8, 4) is 0 Å². The Kier molecular flexibility index (Phi) is 24.0. The van der Waals surface area contributed by atoms with E-state index in [2.05, 4.69) is 6.92 Å². The van der Waals surface area contributed by atoms with Crippen molar-refractivity contribution in [3.63, 3.8) is 0 Å². The number of ketones is 1. The van der Waals surface area contributed by atoms with E-state index in [1.54, 1.807) is 48.4 Å². The number of fused-ring (bicyclic) bond motifs is 5. The number of rotatable bonds is 22. The molecule has 11 rings (SSSR count). The molecule has 27 nitrogen and oxygen atoms in total. The number of Topliss-reactive ketones (excluding diaryl/α,β-unsaturated/α-hetero) is 1. The highest BCUT2D eigenvalue weighted by Gasteiger charge is 2.81. The van der Waals surface area contributed by atoms with Gasteiger partial charge < -0.3 is 121 Å². The molecule has 10 aliphatic rings. The summed E-state index contributed by atoms with van der Waals surface area (Å²) >= 11 is 0. The Bertz CT molecular complexity index is 2890. The molecule has 6 aliphatic heterocycles. The van der Waals surface area contributed by atoms with Gasteiger partial charge in [-0.1, -0.05) is 48.9 Å². The molecule has 0 bridgehead atoms. The van der Waals surface area contributed by atoms with Crippen LogP contribution in [0.3, 0.4) is 0 Å². The zero-order valence-corrected chi connectivity index (χ0v) is 58.8. The lowest BCUT2D eigenvalue weighted by Gasteiger charge is -2.67. The highest BCUT2D eigenvalue weighted by Crippen LogP contribution is 2.71. The fourth-order valence-corrected chi connectivity index (χ4v) is 18.2. The van der Waals surface area contributed by atoms with Crippen LogP contribution in [0, 0.1) is 16.7 Å². The Morgan fingerprint density at radius 2 is 1.00 bits per heavy atom. The summed E-state index contributed by atoms with van der Waals surface area (Å²) in [7, 11) is 7.98. The summed E-state index contributed by atoms with van der Waals surface area (Å²) < 4.78 is 114. The molecule has 0 radical (unpaired) electrons. The number of benzene rings is 1. The molecule has 554 valence electrons. The van der Waals surface area contributed by atoms with Crippen LogP contribution in [0.15, 0.2) is 48.1 Å². The van der Waals surface area contributed by atoms with Gasteiger partial charge in [-0.2, -0.15) is 0 Å². The molecule has 98 heavy (non-hydrogen) atoms. The van der Waals surface area contributed by atoms with Gasteiger partial charge in [0.1, 0.15) is 77.8 Å². The predicted octanol–water partition coefficient (Wildman–Crippen LogP) is 3.59. The van der Waals surface area contributed by atoms with Gasteiger partial charge in [-0.3, -0.25) is 4.79 Å². The fourth-order valence-electron chi connectivity index (χ4n) is 18.2. The SMILES string of the molecule is CO[C@H]1C[C@H](O[C@H]2CC[C@@]3(C)C(=CC[C@]4(O)[C@@H]3C[C@@H](OC(=O)/C=C/c3ccccc3)[C@@]3(C)[C@]4(O)CC[C@@]3(O)C(C)=O)C2)O[C@H](C)[C@H]1O[C@H]1C[C@H](OC)[C@H](O[C@H]2C[C@@H](OC)[C@H](O[C@H]3C[C@H](OC)[C@H](O[C@H]4C[C@H](OC)[C@H](O[C@@H]5O[C@H](CO)[C@H](O)[C@H](O)[C@H]5O)[C@@H](C)O4)[C@@H](C)O3)[C@@H](C)O2)[C@@H](C)O1. The Morgan fingerprint density at radius 1 is 0.561 bits per heavy atom. The minimum atomic E-state index is -2.07. The van der Waals surface area contributed by atoms with E-state index in [1.165, 1.54) is 20.1 Å². The van der Waals surface area contributed by atoms with Gasteiger partial charge in [-0.05, 0) is 110 Å². The molecule has 1 aromatic rings. The molecular weight excluding hydrogens is 1280 g/mol. The van der Waals surface area contributed by atoms with E-state index in [-0.39, 0.29) is 38.2 Å². The molecule has 3 saturated carbocycles. The number of aliphatic hydroxyl groups is 7. The summed E-state index contributed by atoms with van der Waals surface area (Å²) in [6, 6.07) is 9.28. The van der Waals surface area contributed by atoms with Gasteiger partial charge in [0.05, 0.1) is 79.2 Å². The molecule has 27 heteroatoms. The van der Waals surface area contributed by atoms with E-state index in [4.69, 9.17) is 85.3 Å². The Hall–Kier alpha value is -3.12. The first kappa shape index (κ1) is 76.0. The number of methoxy groups -OCH3 is 5. The van der Waals surface area contributed by atoms with E-state index < -0.39 is 212 Å².